The van der Waals surface area contributed by atoms with Crippen molar-refractivity contribution in [2.45, 2.75) is 111 Å². The van der Waals surface area contributed by atoms with Gasteiger partial charge in [0.25, 0.3) is 0 Å². The zero-order valence-corrected chi connectivity index (χ0v) is 18.4. The molecule has 1 nitrogen and oxygen atoms in total. The maximum Gasteiger partial charge on any atom is 0.0786 e. The van der Waals surface area contributed by atoms with E-state index in [4.69, 9.17) is 0 Å². The summed E-state index contributed by atoms with van der Waals surface area (Å²) in [5.74, 6) is 0. The minimum atomic E-state index is 0. The van der Waals surface area contributed by atoms with Crippen LogP contribution in [0.15, 0.2) is 0 Å². The average Bonchev–Trinajstić information content (AvgIpc) is 2.52. The van der Waals surface area contributed by atoms with E-state index in [9.17, 15) is 0 Å². The molecule has 0 fully saturated rings. The third kappa shape index (κ3) is 14.5. The largest absolute Gasteiger partial charge is 1.00 e. The van der Waals surface area contributed by atoms with Gasteiger partial charge in [0, 0.05) is 0 Å². The van der Waals surface area contributed by atoms with Crippen LogP contribution in [-0.4, -0.2) is 30.7 Å². The van der Waals surface area contributed by atoms with Gasteiger partial charge >= 0.3 is 0 Å². The molecule has 0 spiro atoms. The lowest BCUT2D eigenvalue weighted by Crippen LogP contribution is -3.00. The van der Waals surface area contributed by atoms with E-state index >= 15 is 0 Å². The van der Waals surface area contributed by atoms with Crippen LogP contribution < -0.4 is 17.0 Å². The number of hydrogen-bond donors (Lipinski definition) is 0. The van der Waals surface area contributed by atoms with Gasteiger partial charge in [0.05, 0.1) is 26.2 Å². The highest BCUT2D eigenvalue weighted by atomic mass is 79.9. The monoisotopic (exact) mass is 391 g/mol. The van der Waals surface area contributed by atoms with Crippen molar-refractivity contribution in [3.8, 4) is 0 Å². The second-order valence-corrected chi connectivity index (χ2v) is 7.42. The maximum absolute atomic E-state index is 2.34. The molecule has 0 saturated heterocycles. The van der Waals surface area contributed by atoms with Crippen molar-refractivity contribution in [1.29, 1.82) is 0 Å². The molecule has 0 heterocycles. The fourth-order valence-electron chi connectivity index (χ4n) is 3.64. The topological polar surface area (TPSA) is 0 Å². The molecule has 0 aliphatic heterocycles. The molecule has 0 N–H and O–H groups in total. The Bertz CT molecular complexity index is 191. The highest BCUT2D eigenvalue weighted by Crippen LogP contribution is 2.18. The summed E-state index contributed by atoms with van der Waals surface area (Å²) in [6.07, 6.45) is 18.4. The van der Waals surface area contributed by atoms with E-state index in [1.54, 1.807) is 0 Å². The maximum atomic E-state index is 2.34. The van der Waals surface area contributed by atoms with Crippen molar-refractivity contribution in [2.24, 2.45) is 0 Å². The average molecular weight is 393 g/mol. The molecule has 0 unspecified atom stereocenters. The molecule has 0 aromatic rings. The molecular weight excluding hydrogens is 346 g/mol. The van der Waals surface area contributed by atoms with Crippen molar-refractivity contribution < 1.29 is 21.5 Å². The molecule has 0 bridgehead atoms. The predicted molar refractivity (Wildman–Crippen MR) is 102 cm³/mol. The zero-order chi connectivity index (χ0) is 16.5. The van der Waals surface area contributed by atoms with Crippen LogP contribution in [0.25, 0.3) is 0 Å². The summed E-state index contributed by atoms with van der Waals surface area (Å²) in [6.45, 7) is 15.1. The second-order valence-electron chi connectivity index (χ2n) is 7.42. The molecule has 142 valence electrons. The van der Waals surface area contributed by atoms with Gasteiger partial charge in [0.1, 0.15) is 0 Å². The van der Waals surface area contributed by atoms with Gasteiger partial charge in [-0.05, 0) is 51.4 Å². The molecule has 0 aliphatic rings. The Hall–Kier alpha value is 0.440. The normalized spacial score (nSPS) is 11.5. The van der Waals surface area contributed by atoms with Crippen molar-refractivity contribution in [3.63, 3.8) is 0 Å². The quantitative estimate of drug-likeness (QED) is 0.260. The van der Waals surface area contributed by atoms with Crippen LogP contribution in [0.2, 0.25) is 0 Å². The third-order valence-electron chi connectivity index (χ3n) is 5.19. The summed E-state index contributed by atoms with van der Waals surface area (Å²) < 4.78 is 1.45. The lowest BCUT2D eigenvalue weighted by molar-refractivity contribution is -0.929. The van der Waals surface area contributed by atoms with Gasteiger partial charge in [0.15, 0.2) is 0 Å². The van der Waals surface area contributed by atoms with Crippen molar-refractivity contribution in [2.75, 3.05) is 26.2 Å². The number of halogens is 1. The Balaban J connectivity index is 0. The number of nitrogens with zero attached hydrogens (tertiary/aromatic N) is 1. The summed E-state index contributed by atoms with van der Waals surface area (Å²) in [5, 5.41) is 0. The molecule has 0 aromatic carbocycles. The lowest BCUT2D eigenvalue weighted by Gasteiger charge is -2.39. The molecule has 0 rings (SSSR count). The Kier molecular flexibility index (Phi) is 21.0. The lowest BCUT2D eigenvalue weighted by atomic mass is 10.1. The van der Waals surface area contributed by atoms with E-state index in [1.807, 2.05) is 0 Å². The Morgan fingerprint density at radius 2 is 0.652 bits per heavy atom. The van der Waals surface area contributed by atoms with Crippen LogP contribution in [0.1, 0.15) is 111 Å². The van der Waals surface area contributed by atoms with Crippen LogP contribution in [0.3, 0.4) is 0 Å². The van der Waals surface area contributed by atoms with Crippen LogP contribution in [0.5, 0.6) is 0 Å². The van der Waals surface area contributed by atoms with Gasteiger partial charge in [-0.25, -0.2) is 0 Å². The summed E-state index contributed by atoms with van der Waals surface area (Å²) in [5.41, 5.74) is 0. The molecule has 2 heteroatoms. The first-order chi connectivity index (χ1) is 10.7. The van der Waals surface area contributed by atoms with Gasteiger partial charge < -0.3 is 21.5 Å². The molecule has 0 amide bonds. The Morgan fingerprint density at radius 1 is 0.391 bits per heavy atom. The van der Waals surface area contributed by atoms with E-state index in [-0.39, 0.29) is 17.0 Å². The second kappa shape index (κ2) is 18.8. The fraction of sp³-hybridized carbons (Fsp3) is 1.00. The van der Waals surface area contributed by atoms with Crippen LogP contribution in [0, 0.1) is 0 Å². The molecule has 23 heavy (non-hydrogen) atoms. The molecule has 0 saturated carbocycles. The minimum Gasteiger partial charge on any atom is -1.00 e. The Labute approximate surface area is 159 Å². The first-order valence-corrected chi connectivity index (χ1v) is 10.6. The first kappa shape index (κ1) is 25.7. The van der Waals surface area contributed by atoms with Gasteiger partial charge in [-0.15, -0.1) is 0 Å². The van der Waals surface area contributed by atoms with Crippen molar-refractivity contribution >= 4 is 0 Å². The van der Waals surface area contributed by atoms with E-state index in [1.165, 1.54) is 114 Å². The van der Waals surface area contributed by atoms with E-state index in [2.05, 4.69) is 27.7 Å². The third-order valence-corrected chi connectivity index (χ3v) is 5.19. The van der Waals surface area contributed by atoms with Gasteiger partial charge in [-0.2, -0.15) is 0 Å². The SMILES string of the molecule is CCCCCC[N+](CCCCC)(CCCCC)CCCCC.[Br-]. The standard InChI is InChI=1S/C21H46N.BrH/c1-5-9-13-17-21-22(18-14-10-6-2,19-15-11-7-3)20-16-12-8-4;/h5-21H2,1-4H3;1H/q+1;/p-1. The number of unbranched alkanes of at least 4 members (excludes halogenated alkanes) is 9. The fourth-order valence-corrected chi connectivity index (χ4v) is 3.64. The number of quaternary nitrogens is 1. The summed E-state index contributed by atoms with van der Waals surface area (Å²) in [7, 11) is 0. The van der Waals surface area contributed by atoms with Gasteiger partial charge in [-0.1, -0.05) is 59.8 Å². The van der Waals surface area contributed by atoms with Crippen LogP contribution in [-0.2, 0) is 0 Å². The van der Waals surface area contributed by atoms with Crippen molar-refractivity contribution in [1.82, 2.24) is 0 Å². The van der Waals surface area contributed by atoms with Gasteiger partial charge in [0.2, 0.25) is 0 Å². The Morgan fingerprint density at radius 3 is 0.957 bits per heavy atom. The zero-order valence-electron chi connectivity index (χ0n) is 16.8. The van der Waals surface area contributed by atoms with E-state index in [0.29, 0.717) is 0 Å². The van der Waals surface area contributed by atoms with E-state index < -0.39 is 0 Å². The van der Waals surface area contributed by atoms with Crippen molar-refractivity contribution in [3.05, 3.63) is 0 Å². The van der Waals surface area contributed by atoms with Crippen LogP contribution >= 0.6 is 0 Å². The molecular formula is C21H46BrN. The van der Waals surface area contributed by atoms with Crippen LogP contribution in [0.4, 0.5) is 0 Å². The van der Waals surface area contributed by atoms with E-state index in [0.717, 1.165) is 0 Å². The van der Waals surface area contributed by atoms with Gasteiger partial charge in [-0.3, -0.25) is 0 Å². The predicted octanol–water partition coefficient (Wildman–Crippen LogP) is 3.96. The molecule has 0 aliphatic carbocycles. The molecule has 0 aromatic heterocycles. The highest BCUT2D eigenvalue weighted by Gasteiger charge is 2.25. The number of rotatable bonds is 17. The summed E-state index contributed by atoms with van der Waals surface area (Å²) in [6, 6.07) is 0. The smallest absolute Gasteiger partial charge is 0.0786 e. The molecule has 0 radical (unpaired) electrons. The first-order valence-electron chi connectivity index (χ1n) is 10.6. The molecule has 0 atom stereocenters. The summed E-state index contributed by atoms with van der Waals surface area (Å²) in [4.78, 5) is 0. The number of hydrogen-bond acceptors (Lipinski definition) is 0. The minimum absolute atomic E-state index is 0. The summed E-state index contributed by atoms with van der Waals surface area (Å²) >= 11 is 0. The highest BCUT2D eigenvalue weighted by molar-refractivity contribution is 4.52.